The maximum atomic E-state index is 11.5. The number of esters is 1. The number of hydrogen-bond donors (Lipinski definition) is 0. The van der Waals surface area contributed by atoms with Crippen molar-refractivity contribution in [2.75, 3.05) is 6.61 Å². The Morgan fingerprint density at radius 1 is 1.40 bits per heavy atom. The van der Waals surface area contributed by atoms with Crippen molar-refractivity contribution in [3.63, 3.8) is 0 Å². The highest BCUT2D eigenvalue weighted by Crippen LogP contribution is 2.32. The van der Waals surface area contributed by atoms with Gasteiger partial charge in [0, 0.05) is 4.88 Å². The Morgan fingerprint density at radius 2 is 2.07 bits per heavy atom. The molecule has 0 unspecified atom stereocenters. The average Bonchev–Trinajstić information content (AvgIpc) is 2.67. The normalized spacial score (nSPS) is 11.5. The van der Waals surface area contributed by atoms with E-state index in [0.717, 1.165) is 6.42 Å². The molecule has 2 nitrogen and oxygen atoms in total. The monoisotopic (exact) mass is 226 g/mol. The van der Waals surface area contributed by atoms with Crippen LogP contribution in [-0.2, 0) is 10.2 Å². The Morgan fingerprint density at radius 3 is 2.60 bits per heavy atom. The first-order valence-electron chi connectivity index (χ1n) is 5.28. The highest BCUT2D eigenvalue weighted by atomic mass is 32.1. The molecule has 0 radical (unpaired) electrons. The van der Waals surface area contributed by atoms with Gasteiger partial charge in [-0.1, -0.05) is 20.8 Å². The van der Waals surface area contributed by atoms with Crippen LogP contribution in [0.1, 0.15) is 48.7 Å². The molecule has 1 aromatic rings. The standard InChI is InChI=1S/C12H18O2S/c1-5-12(3,4)10-8-7-9(15-10)11(13)14-6-2/h7-8H,5-6H2,1-4H3. The van der Waals surface area contributed by atoms with E-state index in [-0.39, 0.29) is 11.4 Å². The maximum absolute atomic E-state index is 11.5. The summed E-state index contributed by atoms with van der Waals surface area (Å²) in [4.78, 5) is 13.4. The predicted octanol–water partition coefficient (Wildman–Crippen LogP) is 3.61. The SMILES string of the molecule is CCOC(=O)c1ccc(C(C)(C)CC)s1. The van der Waals surface area contributed by atoms with E-state index in [9.17, 15) is 4.79 Å². The van der Waals surface area contributed by atoms with E-state index in [1.807, 2.05) is 19.1 Å². The zero-order valence-electron chi connectivity index (χ0n) is 9.79. The number of rotatable bonds is 4. The molecule has 0 aliphatic carbocycles. The van der Waals surface area contributed by atoms with Crippen molar-refractivity contribution >= 4 is 17.3 Å². The Labute approximate surface area is 95.3 Å². The molecule has 0 aliphatic rings. The smallest absolute Gasteiger partial charge is 0.348 e. The van der Waals surface area contributed by atoms with Gasteiger partial charge >= 0.3 is 5.97 Å². The van der Waals surface area contributed by atoms with Gasteiger partial charge in [-0.2, -0.15) is 0 Å². The van der Waals surface area contributed by atoms with Gasteiger partial charge in [0.1, 0.15) is 4.88 Å². The van der Waals surface area contributed by atoms with Gasteiger partial charge < -0.3 is 4.74 Å². The summed E-state index contributed by atoms with van der Waals surface area (Å²) in [6, 6.07) is 3.88. The molecule has 0 saturated heterocycles. The molecule has 0 saturated carbocycles. The van der Waals surface area contributed by atoms with Gasteiger partial charge in [0.2, 0.25) is 0 Å². The average molecular weight is 226 g/mol. The van der Waals surface area contributed by atoms with Crippen molar-refractivity contribution in [2.45, 2.75) is 39.5 Å². The highest BCUT2D eigenvalue weighted by Gasteiger charge is 2.21. The number of carbonyl (C=O) groups excluding carboxylic acids is 1. The zero-order chi connectivity index (χ0) is 11.5. The Bertz CT molecular complexity index is 339. The predicted molar refractivity (Wildman–Crippen MR) is 63.6 cm³/mol. The first-order chi connectivity index (χ1) is 7.01. The van der Waals surface area contributed by atoms with Gasteiger partial charge in [-0.05, 0) is 30.9 Å². The Hall–Kier alpha value is -0.830. The summed E-state index contributed by atoms with van der Waals surface area (Å²) >= 11 is 1.54. The van der Waals surface area contributed by atoms with Crippen LogP contribution in [0.3, 0.4) is 0 Å². The molecule has 0 N–H and O–H groups in total. The minimum Gasteiger partial charge on any atom is -0.462 e. The van der Waals surface area contributed by atoms with Crippen LogP contribution in [0.15, 0.2) is 12.1 Å². The van der Waals surface area contributed by atoms with Crippen molar-refractivity contribution in [3.8, 4) is 0 Å². The van der Waals surface area contributed by atoms with Crippen LogP contribution in [0.5, 0.6) is 0 Å². The number of thiophene rings is 1. The molecule has 0 bridgehead atoms. The minimum absolute atomic E-state index is 0.148. The van der Waals surface area contributed by atoms with Crippen molar-refractivity contribution < 1.29 is 9.53 Å². The lowest BCUT2D eigenvalue weighted by Gasteiger charge is -2.20. The van der Waals surface area contributed by atoms with Crippen molar-refractivity contribution in [3.05, 3.63) is 21.9 Å². The van der Waals surface area contributed by atoms with Crippen molar-refractivity contribution in [1.29, 1.82) is 0 Å². The second-order valence-electron chi connectivity index (χ2n) is 4.12. The summed E-state index contributed by atoms with van der Waals surface area (Å²) in [7, 11) is 0. The van der Waals surface area contributed by atoms with Gasteiger partial charge in [-0.25, -0.2) is 4.79 Å². The van der Waals surface area contributed by atoms with Crippen LogP contribution in [0.25, 0.3) is 0 Å². The van der Waals surface area contributed by atoms with Gasteiger partial charge in [-0.3, -0.25) is 0 Å². The molecule has 3 heteroatoms. The lowest BCUT2D eigenvalue weighted by molar-refractivity contribution is 0.0532. The fraction of sp³-hybridized carbons (Fsp3) is 0.583. The molecular weight excluding hydrogens is 208 g/mol. The molecule has 0 aromatic carbocycles. The van der Waals surface area contributed by atoms with E-state index in [2.05, 4.69) is 20.8 Å². The molecule has 0 fully saturated rings. The van der Waals surface area contributed by atoms with Gasteiger partial charge in [-0.15, -0.1) is 11.3 Å². The molecule has 0 atom stereocenters. The van der Waals surface area contributed by atoms with E-state index in [4.69, 9.17) is 4.74 Å². The third-order valence-corrected chi connectivity index (χ3v) is 4.06. The molecular formula is C12H18O2S. The summed E-state index contributed by atoms with van der Waals surface area (Å²) in [6.07, 6.45) is 1.07. The van der Waals surface area contributed by atoms with Gasteiger partial charge in [0.05, 0.1) is 6.61 Å². The lowest BCUT2D eigenvalue weighted by atomic mass is 9.89. The van der Waals surface area contributed by atoms with Crippen LogP contribution in [0.4, 0.5) is 0 Å². The fourth-order valence-electron chi connectivity index (χ4n) is 1.19. The first kappa shape index (κ1) is 12.2. The molecule has 0 amide bonds. The maximum Gasteiger partial charge on any atom is 0.348 e. The lowest BCUT2D eigenvalue weighted by Crippen LogP contribution is -2.13. The van der Waals surface area contributed by atoms with Crippen LogP contribution >= 0.6 is 11.3 Å². The van der Waals surface area contributed by atoms with Gasteiger partial charge in [0.25, 0.3) is 0 Å². The van der Waals surface area contributed by atoms with Gasteiger partial charge in [0.15, 0.2) is 0 Å². The van der Waals surface area contributed by atoms with Crippen LogP contribution < -0.4 is 0 Å². The molecule has 0 aliphatic heterocycles. The third-order valence-electron chi connectivity index (χ3n) is 2.63. The summed E-state index contributed by atoms with van der Waals surface area (Å²) in [6.45, 7) is 8.79. The summed E-state index contributed by atoms with van der Waals surface area (Å²) in [5.41, 5.74) is 0.148. The number of carbonyl (C=O) groups is 1. The summed E-state index contributed by atoms with van der Waals surface area (Å²) in [5.74, 6) is -0.208. The zero-order valence-corrected chi connectivity index (χ0v) is 10.6. The second kappa shape index (κ2) is 4.79. The van der Waals surface area contributed by atoms with E-state index >= 15 is 0 Å². The molecule has 84 valence electrons. The molecule has 1 rings (SSSR count). The molecule has 0 spiro atoms. The third kappa shape index (κ3) is 2.81. The molecule has 1 heterocycles. The first-order valence-corrected chi connectivity index (χ1v) is 6.10. The molecule has 15 heavy (non-hydrogen) atoms. The Kier molecular flexibility index (Phi) is 3.91. The Balaban J connectivity index is 2.85. The topological polar surface area (TPSA) is 26.3 Å². The molecule has 1 aromatic heterocycles. The van der Waals surface area contributed by atoms with Crippen molar-refractivity contribution in [1.82, 2.24) is 0 Å². The highest BCUT2D eigenvalue weighted by molar-refractivity contribution is 7.14. The van der Waals surface area contributed by atoms with E-state index in [1.54, 1.807) is 0 Å². The van der Waals surface area contributed by atoms with E-state index < -0.39 is 0 Å². The largest absolute Gasteiger partial charge is 0.462 e. The van der Waals surface area contributed by atoms with Crippen LogP contribution in [0.2, 0.25) is 0 Å². The summed E-state index contributed by atoms with van der Waals surface area (Å²) in [5, 5.41) is 0. The van der Waals surface area contributed by atoms with Crippen LogP contribution in [-0.4, -0.2) is 12.6 Å². The number of ether oxygens (including phenoxy) is 1. The minimum atomic E-state index is -0.208. The summed E-state index contributed by atoms with van der Waals surface area (Å²) < 4.78 is 4.96. The number of hydrogen-bond acceptors (Lipinski definition) is 3. The van der Waals surface area contributed by atoms with Crippen LogP contribution in [0, 0.1) is 0 Å². The second-order valence-corrected chi connectivity index (χ2v) is 5.21. The van der Waals surface area contributed by atoms with E-state index in [1.165, 1.54) is 16.2 Å². The van der Waals surface area contributed by atoms with E-state index in [0.29, 0.717) is 11.5 Å². The quantitative estimate of drug-likeness (QED) is 0.733. The van der Waals surface area contributed by atoms with Crippen molar-refractivity contribution in [2.24, 2.45) is 0 Å². The fourth-order valence-corrected chi connectivity index (χ4v) is 2.26.